The van der Waals surface area contributed by atoms with Crippen LogP contribution in [0.2, 0.25) is 5.02 Å². The molecule has 2 aliphatic rings. The third-order valence-corrected chi connectivity index (χ3v) is 10.5. The molecular weight excluding hydrogens is 742 g/mol. The topological polar surface area (TPSA) is 108 Å². The molecule has 2 saturated heterocycles. The molecule has 5 aromatic rings. The maximum absolute atomic E-state index is 12.8. The number of rotatable bonds is 17. The molecule has 0 bridgehead atoms. The van der Waals surface area contributed by atoms with Gasteiger partial charge in [0, 0.05) is 11.4 Å². The molecule has 2 aliphatic heterocycles. The van der Waals surface area contributed by atoms with Gasteiger partial charge < -0.3 is 38.9 Å². The van der Waals surface area contributed by atoms with Crippen molar-refractivity contribution in [2.24, 2.45) is 5.73 Å². The standard InChI is InChI=1S/C47H50ClNO8/c1-32(49)47(50)55-31-42-44(52-27-34-11-5-2-6-12-34)46(54-29-36-15-9-4-10-16-36)45(53-28-35-13-7-3-8-14-35)43(57-42)37-19-22-41(48)38(26-37)25-33-17-20-39(21-18-33)56-40-23-24-51-30-40/h2-22,26,32,40,42-46H,23-25,27-31,49H2,1H3/t32-,40+,42+,43-,44+,45-,46-/m0/s1. The van der Waals surface area contributed by atoms with Crippen molar-refractivity contribution in [2.75, 3.05) is 19.8 Å². The molecular formula is C47H50ClNO8. The number of hydrogen-bond donors (Lipinski definition) is 1. The van der Waals surface area contributed by atoms with Crippen molar-refractivity contribution in [3.05, 3.63) is 172 Å². The van der Waals surface area contributed by atoms with E-state index in [4.69, 9.17) is 50.5 Å². The molecule has 7 atom stereocenters. The molecule has 0 aliphatic carbocycles. The molecule has 0 spiro atoms. The summed E-state index contributed by atoms with van der Waals surface area (Å²) in [6.07, 6.45) is -1.88. The van der Waals surface area contributed by atoms with E-state index in [0.29, 0.717) is 31.3 Å². The number of ether oxygens (including phenoxy) is 7. The first-order chi connectivity index (χ1) is 27.9. The van der Waals surface area contributed by atoms with Crippen molar-refractivity contribution in [2.45, 2.75) is 82.3 Å². The van der Waals surface area contributed by atoms with Crippen LogP contribution in [0, 0.1) is 0 Å². The van der Waals surface area contributed by atoms with E-state index in [1.807, 2.05) is 115 Å². The Morgan fingerprint density at radius 3 is 1.88 bits per heavy atom. The van der Waals surface area contributed by atoms with Crippen molar-refractivity contribution in [1.82, 2.24) is 0 Å². The fourth-order valence-corrected chi connectivity index (χ4v) is 7.28. The van der Waals surface area contributed by atoms with Crippen molar-refractivity contribution in [1.29, 1.82) is 0 Å². The first-order valence-electron chi connectivity index (χ1n) is 19.6. The first-order valence-corrected chi connectivity index (χ1v) is 19.9. The maximum atomic E-state index is 12.8. The lowest BCUT2D eigenvalue weighted by Crippen LogP contribution is -2.58. The Bertz CT molecular complexity index is 1980. The van der Waals surface area contributed by atoms with E-state index in [1.165, 1.54) is 0 Å². The molecule has 5 aromatic carbocycles. The molecule has 57 heavy (non-hydrogen) atoms. The second-order valence-electron chi connectivity index (χ2n) is 14.6. The second kappa shape index (κ2) is 20.2. The van der Waals surface area contributed by atoms with Crippen LogP contribution in [0.25, 0.3) is 0 Å². The molecule has 9 nitrogen and oxygen atoms in total. The van der Waals surface area contributed by atoms with Crippen LogP contribution >= 0.6 is 11.6 Å². The summed E-state index contributed by atoms with van der Waals surface area (Å²) in [6.45, 7) is 3.69. The Labute approximate surface area is 339 Å². The van der Waals surface area contributed by atoms with Crippen LogP contribution < -0.4 is 10.5 Å². The monoisotopic (exact) mass is 791 g/mol. The van der Waals surface area contributed by atoms with E-state index in [2.05, 4.69) is 18.2 Å². The molecule has 2 N–H and O–H groups in total. The maximum Gasteiger partial charge on any atom is 0.322 e. The average molecular weight is 792 g/mol. The van der Waals surface area contributed by atoms with Gasteiger partial charge in [0.1, 0.15) is 55.0 Å². The summed E-state index contributed by atoms with van der Waals surface area (Å²) in [5.41, 5.74) is 11.7. The largest absolute Gasteiger partial charge is 0.488 e. The zero-order chi connectivity index (χ0) is 39.4. The van der Waals surface area contributed by atoms with Crippen LogP contribution in [0.5, 0.6) is 5.75 Å². The van der Waals surface area contributed by atoms with Gasteiger partial charge in [-0.2, -0.15) is 0 Å². The van der Waals surface area contributed by atoms with E-state index in [9.17, 15) is 4.79 Å². The first kappa shape index (κ1) is 40.6. The predicted octanol–water partition coefficient (Wildman–Crippen LogP) is 8.19. The van der Waals surface area contributed by atoms with Crippen LogP contribution in [0.4, 0.5) is 0 Å². The van der Waals surface area contributed by atoms with Gasteiger partial charge >= 0.3 is 5.97 Å². The lowest BCUT2D eigenvalue weighted by molar-refractivity contribution is -0.273. The van der Waals surface area contributed by atoms with Gasteiger partial charge in [0.25, 0.3) is 0 Å². The fraction of sp³-hybridized carbons (Fsp3) is 0.340. The van der Waals surface area contributed by atoms with Crippen LogP contribution in [0.3, 0.4) is 0 Å². The minimum Gasteiger partial charge on any atom is -0.488 e. The van der Waals surface area contributed by atoms with Gasteiger partial charge in [0.05, 0.1) is 33.0 Å². The highest BCUT2D eigenvalue weighted by Crippen LogP contribution is 2.40. The van der Waals surface area contributed by atoms with Crippen LogP contribution in [0.1, 0.15) is 52.8 Å². The van der Waals surface area contributed by atoms with Crippen LogP contribution in [-0.4, -0.2) is 62.4 Å². The second-order valence-corrected chi connectivity index (χ2v) is 15.0. The molecule has 298 valence electrons. The van der Waals surface area contributed by atoms with Crippen molar-refractivity contribution < 1.29 is 38.0 Å². The van der Waals surface area contributed by atoms with Gasteiger partial charge in [0.2, 0.25) is 0 Å². The predicted molar refractivity (Wildman–Crippen MR) is 218 cm³/mol. The summed E-state index contributed by atoms with van der Waals surface area (Å²) in [5.74, 6) is 0.271. The molecule has 2 fully saturated rings. The fourth-order valence-electron chi connectivity index (χ4n) is 7.10. The Hall–Kier alpha value is -4.58. The SMILES string of the molecule is C[C@H](N)C(=O)OC[C@H]1O[C@@H](c2ccc(Cl)c(Cc3ccc(O[C@@H]4CCOC4)cc3)c2)[C@H](OCc2ccccc2)[C@@H](OCc2ccccc2)[C@@H]1OCc1ccccc1. The Kier molecular flexibility index (Phi) is 14.4. The Morgan fingerprint density at radius 2 is 1.32 bits per heavy atom. The number of esters is 1. The van der Waals surface area contributed by atoms with Gasteiger partial charge in [-0.3, -0.25) is 4.79 Å². The Morgan fingerprint density at radius 1 is 0.737 bits per heavy atom. The third-order valence-electron chi connectivity index (χ3n) is 10.2. The molecule has 0 saturated carbocycles. The highest BCUT2D eigenvalue weighted by Gasteiger charge is 2.49. The van der Waals surface area contributed by atoms with E-state index in [1.54, 1.807) is 6.92 Å². The summed E-state index contributed by atoms with van der Waals surface area (Å²) in [4.78, 5) is 12.8. The summed E-state index contributed by atoms with van der Waals surface area (Å²) in [6, 6.07) is 43.1. The number of carbonyl (C=O) groups is 1. The van der Waals surface area contributed by atoms with Gasteiger partial charge in [0.15, 0.2) is 0 Å². The summed E-state index contributed by atoms with van der Waals surface area (Å²) in [7, 11) is 0. The van der Waals surface area contributed by atoms with E-state index in [-0.39, 0.29) is 19.3 Å². The summed E-state index contributed by atoms with van der Waals surface area (Å²) >= 11 is 6.89. The molecule has 0 unspecified atom stereocenters. The number of benzene rings is 5. The van der Waals surface area contributed by atoms with Crippen molar-refractivity contribution in [3.63, 3.8) is 0 Å². The summed E-state index contributed by atoms with van der Waals surface area (Å²) in [5, 5.41) is 0.628. The number of carbonyl (C=O) groups excluding carboxylic acids is 1. The number of halogens is 1. The van der Waals surface area contributed by atoms with Crippen molar-refractivity contribution >= 4 is 17.6 Å². The zero-order valence-electron chi connectivity index (χ0n) is 32.1. The normalized spacial score (nSPS) is 22.5. The third kappa shape index (κ3) is 11.3. The van der Waals surface area contributed by atoms with E-state index in [0.717, 1.165) is 52.2 Å². The molecule has 0 aromatic heterocycles. The van der Waals surface area contributed by atoms with E-state index < -0.39 is 42.5 Å². The average Bonchev–Trinajstić information content (AvgIpc) is 3.76. The zero-order valence-corrected chi connectivity index (χ0v) is 32.9. The smallest absolute Gasteiger partial charge is 0.322 e. The van der Waals surface area contributed by atoms with Gasteiger partial charge in [-0.05, 0) is 64.9 Å². The highest BCUT2D eigenvalue weighted by molar-refractivity contribution is 6.31. The highest BCUT2D eigenvalue weighted by atomic mass is 35.5. The lowest BCUT2D eigenvalue weighted by atomic mass is 9.89. The molecule has 0 amide bonds. The Balaban J connectivity index is 1.23. The minimum absolute atomic E-state index is 0.0735. The van der Waals surface area contributed by atoms with E-state index >= 15 is 0 Å². The van der Waals surface area contributed by atoms with Crippen LogP contribution in [-0.2, 0) is 59.5 Å². The molecule has 10 heteroatoms. The summed E-state index contributed by atoms with van der Waals surface area (Å²) < 4.78 is 44.8. The van der Waals surface area contributed by atoms with Crippen molar-refractivity contribution in [3.8, 4) is 5.75 Å². The molecule has 2 heterocycles. The van der Waals surface area contributed by atoms with Gasteiger partial charge in [-0.15, -0.1) is 0 Å². The molecule has 0 radical (unpaired) electrons. The van der Waals surface area contributed by atoms with Gasteiger partial charge in [-0.25, -0.2) is 0 Å². The number of nitrogens with two attached hydrogens (primary N) is 1. The molecule has 7 rings (SSSR count). The quantitative estimate of drug-likeness (QED) is 0.0934. The number of hydrogen-bond acceptors (Lipinski definition) is 9. The van der Waals surface area contributed by atoms with Crippen LogP contribution in [0.15, 0.2) is 133 Å². The lowest BCUT2D eigenvalue weighted by Gasteiger charge is -2.46. The van der Waals surface area contributed by atoms with Gasteiger partial charge in [-0.1, -0.05) is 127 Å². The minimum atomic E-state index is -0.809.